The molecule has 0 aliphatic carbocycles. The van der Waals surface area contributed by atoms with E-state index in [2.05, 4.69) is 0 Å². The number of benzene rings is 1. The van der Waals surface area contributed by atoms with Crippen molar-refractivity contribution in [3.63, 3.8) is 0 Å². The molecule has 1 aliphatic rings. The van der Waals surface area contributed by atoms with Crippen LogP contribution in [0.2, 0.25) is 0 Å². The molecule has 1 heterocycles. The molecule has 1 aromatic carbocycles. The van der Waals surface area contributed by atoms with E-state index in [1.807, 2.05) is 31.2 Å². The van der Waals surface area contributed by atoms with E-state index in [9.17, 15) is 13.2 Å². The predicted octanol–water partition coefficient (Wildman–Crippen LogP) is 2.03. The summed E-state index contributed by atoms with van der Waals surface area (Å²) < 4.78 is 23.7. The highest BCUT2D eigenvalue weighted by molar-refractivity contribution is 7.92. The molecular weight excluding hydrogens is 274 g/mol. The smallest absolute Gasteiger partial charge is 0.253 e. The molecule has 0 aromatic heterocycles. The topological polar surface area (TPSA) is 54.5 Å². The van der Waals surface area contributed by atoms with Gasteiger partial charge < -0.3 is 4.90 Å². The summed E-state index contributed by atoms with van der Waals surface area (Å²) in [5, 5.41) is -0.283. The molecule has 1 aromatic rings. The number of likely N-dealkylation sites (tertiary alicyclic amines) is 1. The molecule has 0 N–H and O–H groups in total. The number of rotatable bonds is 3. The number of hydrogen-bond acceptors (Lipinski definition) is 3. The van der Waals surface area contributed by atoms with Gasteiger partial charge in [0.05, 0.1) is 5.25 Å². The summed E-state index contributed by atoms with van der Waals surface area (Å²) in [4.78, 5) is 14.1. The van der Waals surface area contributed by atoms with Crippen molar-refractivity contribution in [2.45, 2.75) is 31.9 Å². The Morgan fingerprint density at radius 3 is 2.50 bits per heavy atom. The number of carbonyl (C=O) groups is 1. The molecule has 0 spiro atoms. The Balaban J connectivity index is 2.02. The quantitative estimate of drug-likeness (QED) is 0.857. The van der Waals surface area contributed by atoms with E-state index in [0.717, 1.165) is 5.56 Å². The molecule has 1 amide bonds. The lowest BCUT2D eigenvalue weighted by atomic mass is 10.1. The normalized spacial score (nSPS) is 17.2. The minimum Gasteiger partial charge on any atom is -0.339 e. The van der Waals surface area contributed by atoms with Crippen molar-refractivity contribution >= 4 is 15.7 Å². The van der Waals surface area contributed by atoms with Gasteiger partial charge >= 0.3 is 0 Å². The first kappa shape index (κ1) is 15.0. The van der Waals surface area contributed by atoms with Crippen LogP contribution in [0.15, 0.2) is 24.3 Å². The number of nitrogens with zero attached hydrogens (tertiary/aromatic N) is 1. The van der Waals surface area contributed by atoms with Crippen LogP contribution < -0.4 is 0 Å². The van der Waals surface area contributed by atoms with Crippen LogP contribution in [0, 0.1) is 6.92 Å². The first-order valence-corrected chi connectivity index (χ1v) is 8.73. The maximum atomic E-state index is 12.4. The number of aryl methyl sites for hydroxylation is 1. The average molecular weight is 295 g/mol. The van der Waals surface area contributed by atoms with E-state index in [1.165, 1.54) is 0 Å². The Labute approximate surface area is 120 Å². The molecular formula is C15H21NO3S. The molecule has 110 valence electrons. The zero-order valence-electron chi connectivity index (χ0n) is 12.0. The Morgan fingerprint density at radius 2 is 1.95 bits per heavy atom. The summed E-state index contributed by atoms with van der Waals surface area (Å²) in [6.45, 7) is 4.68. The molecule has 0 saturated carbocycles. The standard InChI is InChI=1S/C15H21NO3S/c1-3-20(18,19)14-7-9-16(10-8-14)15(17)13-6-4-5-12(2)11-13/h4-6,11,14H,3,7-10H2,1-2H3. The van der Waals surface area contributed by atoms with E-state index in [0.29, 0.717) is 31.5 Å². The van der Waals surface area contributed by atoms with Gasteiger partial charge in [0.25, 0.3) is 5.91 Å². The van der Waals surface area contributed by atoms with Crippen molar-refractivity contribution < 1.29 is 13.2 Å². The minimum atomic E-state index is -2.98. The maximum absolute atomic E-state index is 12.4. The number of piperidine rings is 1. The third kappa shape index (κ3) is 3.20. The summed E-state index contributed by atoms with van der Waals surface area (Å²) in [7, 11) is -2.98. The lowest BCUT2D eigenvalue weighted by Gasteiger charge is -2.31. The van der Waals surface area contributed by atoms with Gasteiger partial charge in [-0.25, -0.2) is 8.42 Å². The van der Waals surface area contributed by atoms with E-state index >= 15 is 0 Å². The molecule has 0 radical (unpaired) electrons. The van der Waals surface area contributed by atoms with E-state index in [4.69, 9.17) is 0 Å². The van der Waals surface area contributed by atoms with Crippen LogP contribution in [-0.2, 0) is 9.84 Å². The Hall–Kier alpha value is -1.36. The van der Waals surface area contributed by atoms with Crippen LogP contribution in [0.25, 0.3) is 0 Å². The molecule has 0 atom stereocenters. The van der Waals surface area contributed by atoms with Gasteiger partial charge in [-0.3, -0.25) is 4.79 Å². The van der Waals surface area contributed by atoms with Crippen LogP contribution in [0.4, 0.5) is 0 Å². The number of carbonyl (C=O) groups excluding carboxylic acids is 1. The first-order valence-electron chi connectivity index (χ1n) is 7.01. The maximum Gasteiger partial charge on any atom is 0.253 e. The summed E-state index contributed by atoms with van der Waals surface area (Å²) in [5.41, 5.74) is 1.74. The van der Waals surface area contributed by atoms with Gasteiger partial charge in [0, 0.05) is 24.4 Å². The van der Waals surface area contributed by atoms with E-state index < -0.39 is 9.84 Å². The molecule has 1 fully saturated rings. The Bertz CT molecular complexity index is 587. The summed E-state index contributed by atoms with van der Waals surface area (Å²) in [5.74, 6) is 0.185. The lowest BCUT2D eigenvalue weighted by Crippen LogP contribution is -2.42. The van der Waals surface area contributed by atoms with Crippen LogP contribution >= 0.6 is 0 Å². The van der Waals surface area contributed by atoms with Gasteiger partial charge in [-0.2, -0.15) is 0 Å². The van der Waals surface area contributed by atoms with Crippen molar-refractivity contribution in [1.82, 2.24) is 4.90 Å². The largest absolute Gasteiger partial charge is 0.339 e. The summed E-state index contributed by atoms with van der Waals surface area (Å²) in [6, 6.07) is 7.51. The van der Waals surface area contributed by atoms with Crippen LogP contribution in [0.5, 0.6) is 0 Å². The third-order valence-corrected chi connectivity index (χ3v) is 6.20. The molecule has 2 rings (SSSR count). The second-order valence-electron chi connectivity index (χ2n) is 5.31. The van der Waals surface area contributed by atoms with Gasteiger partial charge in [-0.05, 0) is 31.9 Å². The average Bonchev–Trinajstić information content (AvgIpc) is 2.46. The fourth-order valence-electron chi connectivity index (χ4n) is 2.61. The van der Waals surface area contributed by atoms with Gasteiger partial charge in [0.15, 0.2) is 9.84 Å². The van der Waals surface area contributed by atoms with Gasteiger partial charge in [-0.15, -0.1) is 0 Å². The van der Waals surface area contributed by atoms with Crippen molar-refractivity contribution in [3.05, 3.63) is 35.4 Å². The van der Waals surface area contributed by atoms with Crippen molar-refractivity contribution in [3.8, 4) is 0 Å². The lowest BCUT2D eigenvalue weighted by molar-refractivity contribution is 0.0725. The number of sulfone groups is 1. The molecule has 5 heteroatoms. The van der Waals surface area contributed by atoms with Crippen LogP contribution in [-0.4, -0.2) is 43.3 Å². The van der Waals surface area contributed by atoms with E-state index in [1.54, 1.807) is 11.8 Å². The highest BCUT2D eigenvalue weighted by Gasteiger charge is 2.30. The summed E-state index contributed by atoms with van der Waals surface area (Å²) in [6.07, 6.45) is 1.10. The van der Waals surface area contributed by atoms with E-state index in [-0.39, 0.29) is 16.9 Å². The highest BCUT2D eigenvalue weighted by atomic mass is 32.2. The Kier molecular flexibility index (Phi) is 4.48. The highest BCUT2D eigenvalue weighted by Crippen LogP contribution is 2.20. The number of amides is 1. The molecule has 4 nitrogen and oxygen atoms in total. The fraction of sp³-hybridized carbons (Fsp3) is 0.533. The number of hydrogen-bond donors (Lipinski definition) is 0. The first-order chi connectivity index (χ1) is 9.44. The monoisotopic (exact) mass is 295 g/mol. The molecule has 0 unspecified atom stereocenters. The van der Waals surface area contributed by atoms with Crippen molar-refractivity contribution in [1.29, 1.82) is 0 Å². The van der Waals surface area contributed by atoms with Crippen LogP contribution in [0.3, 0.4) is 0 Å². The zero-order valence-corrected chi connectivity index (χ0v) is 12.8. The SMILES string of the molecule is CCS(=O)(=O)C1CCN(C(=O)c2cccc(C)c2)CC1. The van der Waals surface area contributed by atoms with Gasteiger partial charge in [0.2, 0.25) is 0 Å². The second kappa shape index (κ2) is 5.95. The minimum absolute atomic E-state index is 0.000969. The third-order valence-electron chi connectivity index (χ3n) is 3.90. The van der Waals surface area contributed by atoms with Gasteiger partial charge in [0.1, 0.15) is 0 Å². The Morgan fingerprint density at radius 1 is 1.30 bits per heavy atom. The van der Waals surface area contributed by atoms with Crippen molar-refractivity contribution in [2.24, 2.45) is 0 Å². The molecule has 1 aliphatic heterocycles. The molecule has 1 saturated heterocycles. The second-order valence-corrected chi connectivity index (χ2v) is 7.88. The summed E-state index contributed by atoms with van der Waals surface area (Å²) >= 11 is 0. The predicted molar refractivity (Wildman–Crippen MR) is 79.6 cm³/mol. The van der Waals surface area contributed by atoms with Gasteiger partial charge in [-0.1, -0.05) is 24.6 Å². The van der Waals surface area contributed by atoms with Crippen molar-refractivity contribution in [2.75, 3.05) is 18.8 Å². The molecule has 0 bridgehead atoms. The zero-order chi connectivity index (χ0) is 14.8. The van der Waals surface area contributed by atoms with Crippen LogP contribution in [0.1, 0.15) is 35.7 Å². The fourth-order valence-corrected chi connectivity index (χ4v) is 4.01. The molecule has 20 heavy (non-hydrogen) atoms.